The number of hydrogen-bond donors (Lipinski definition) is 0. The standard InChI is InChI=1S/C14H22N.C12H20NSi2.2Cu/c1-13(2,3)12(14(4,5)6)11-9-7-8-10-15-11;1-14(2)9-11(10-15(3)4)12-7-5-6-8-13-12;;/h7-10H,1-6H3;5-8H,9-10H2,1-4H3;;/q2*-1;2*+1. The van der Waals surface area contributed by atoms with Crippen LogP contribution in [0.3, 0.4) is 0 Å². The van der Waals surface area contributed by atoms with Crippen molar-refractivity contribution in [3.05, 3.63) is 72.0 Å². The zero-order valence-corrected chi connectivity index (χ0v) is 25.4. The minimum absolute atomic E-state index is 0. The summed E-state index contributed by atoms with van der Waals surface area (Å²) in [5.74, 6) is 3.00. The van der Waals surface area contributed by atoms with E-state index in [1.807, 2.05) is 24.5 Å². The number of aromatic nitrogens is 2. The fourth-order valence-electron chi connectivity index (χ4n) is 4.07. The smallest absolute Gasteiger partial charge is 0.295 e. The second-order valence-corrected chi connectivity index (χ2v) is 16.2. The van der Waals surface area contributed by atoms with Crippen LogP contribution in [0.2, 0.25) is 38.3 Å². The Bertz CT molecular complexity index is 688. The summed E-state index contributed by atoms with van der Waals surface area (Å²) in [4.78, 5) is 8.96. The number of nitrogens with zero attached hydrogens (tertiary/aromatic N) is 2. The van der Waals surface area contributed by atoms with E-state index in [4.69, 9.17) is 0 Å². The molecule has 0 N–H and O–H groups in total. The van der Waals surface area contributed by atoms with Gasteiger partial charge >= 0.3 is 34.1 Å². The normalized spacial score (nSPS) is 11.1. The third-order valence-electron chi connectivity index (χ3n) is 4.58. The Kier molecular flexibility index (Phi) is 16.2. The van der Waals surface area contributed by atoms with Gasteiger partial charge in [-0.2, -0.15) is 24.0 Å². The van der Waals surface area contributed by atoms with Gasteiger partial charge < -0.3 is 0 Å². The second-order valence-electron chi connectivity index (χ2n) is 10.7. The Labute approximate surface area is 223 Å². The Balaban J connectivity index is 0. The van der Waals surface area contributed by atoms with Crippen molar-refractivity contribution in [2.24, 2.45) is 10.8 Å². The minimum atomic E-state index is -0.186. The van der Waals surface area contributed by atoms with Crippen LogP contribution in [0.1, 0.15) is 52.9 Å². The van der Waals surface area contributed by atoms with E-state index >= 15 is 0 Å². The molecule has 0 amide bonds. The first-order valence-electron chi connectivity index (χ1n) is 11.0. The third-order valence-corrected chi connectivity index (χ3v) is 6.85. The molecule has 0 aliphatic carbocycles. The molecule has 0 saturated carbocycles. The van der Waals surface area contributed by atoms with E-state index in [0.29, 0.717) is 0 Å². The van der Waals surface area contributed by atoms with E-state index in [9.17, 15) is 0 Å². The molecule has 2 aromatic heterocycles. The maximum atomic E-state index is 4.48. The molecular weight excluding hydrogens is 524 g/mol. The molecule has 2 aromatic rings. The molecule has 2 radical (unpaired) electrons. The first-order chi connectivity index (χ1) is 13.8. The fourth-order valence-corrected chi connectivity index (χ4v) is 6.64. The second kappa shape index (κ2) is 15.4. The van der Waals surface area contributed by atoms with Gasteiger partial charge in [-0.05, 0) is 0 Å². The van der Waals surface area contributed by atoms with Gasteiger partial charge in [0.15, 0.2) is 0 Å². The molecule has 0 aromatic carbocycles. The summed E-state index contributed by atoms with van der Waals surface area (Å²) < 4.78 is 0. The average Bonchev–Trinajstić information content (AvgIpc) is 2.60. The van der Waals surface area contributed by atoms with Gasteiger partial charge in [-0.1, -0.05) is 102 Å². The molecule has 0 unspecified atom stereocenters. The molecule has 0 bridgehead atoms. The number of rotatable bonds is 6. The SMILES string of the molecule is CC(C)(C)[C-](c1ccccn1)C(C)(C)C.C[Si](C)C[C-](C[Si](C)C)c1ccccn1.[Cu+].[Cu+]. The monoisotopic (exact) mass is 564 g/mol. The van der Waals surface area contributed by atoms with E-state index in [-0.39, 0.29) is 62.6 Å². The van der Waals surface area contributed by atoms with Crippen LogP contribution in [-0.2, 0) is 34.1 Å². The van der Waals surface area contributed by atoms with Crippen molar-refractivity contribution >= 4 is 17.6 Å². The van der Waals surface area contributed by atoms with Crippen molar-refractivity contribution in [3.8, 4) is 0 Å². The van der Waals surface area contributed by atoms with Crippen LogP contribution >= 0.6 is 0 Å². The van der Waals surface area contributed by atoms with Crippen LogP contribution in [0.4, 0.5) is 0 Å². The molecule has 6 heteroatoms. The fraction of sp³-hybridized carbons (Fsp3) is 0.538. The van der Waals surface area contributed by atoms with Crippen LogP contribution in [0.25, 0.3) is 0 Å². The molecule has 0 fully saturated rings. The largest absolute Gasteiger partial charge is 1.00 e. The van der Waals surface area contributed by atoms with E-state index in [1.54, 1.807) is 5.92 Å². The molecule has 32 heavy (non-hydrogen) atoms. The number of hydrogen-bond acceptors (Lipinski definition) is 2. The van der Waals surface area contributed by atoms with Gasteiger partial charge in [-0.25, -0.2) is 0 Å². The first-order valence-corrected chi connectivity index (χ1v) is 16.4. The van der Waals surface area contributed by atoms with E-state index < -0.39 is 0 Å². The van der Waals surface area contributed by atoms with Crippen molar-refractivity contribution in [1.82, 2.24) is 9.97 Å². The average molecular weight is 566 g/mol. The summed E-state index contributed by atoms with van der Waals surface area (Å²) in [5.41, 5.74) is 2.67. The first kappa shape index (κ1) is 33.7. The number of pyridine rings is 2. The van der Waals surface area contributed by atoms with Crippen molar-refractivity contribution < 1.29 is 34.1 Å². The van der Waals surface area contributed by atoms with Crippen LogP contribution in [0, 0.1) is 22.7 Å². The molecule has 2 nitrogen and oxygen atoms in total. The Morgan fingerprint density at radius 3 is 1.31 bits per heavy atom. The molecule has 0 aliphatic rings. The molecule has 0 saturated heterocycles. The summed E-state index contributed by atoms with van der Waals surface area (Å²) in [7, 11) is -0.373. The molecule has 0 atom stereocenters. The maximum Gasteiger partial charge on any atom is 1.00 e. The van der Waals surface area contributed by atoms with Gasteiger partial charge in [0.1, 0.15) is 0 Å². The Morgan fingerprint density at radius 2 is 1.03 bits per heavy atom. The Morgan fingerprint density at radius 1 is 0.656 bits per heavy atom. The van der Waals surface area contributed by atoms with Crippen molar-refractivity contribution in [1.29, 1.82) is 0 Å². The Hall–Kier alpha value is -0.487. The van der Waals surface area contributed by atoms with Gasteiger partial charge in [-0.15, -0.1) is 24.2 Å². The molecule has 0 aliphatic heterocycles. The van der Waals surface area contributed by atoms with Gasteiger partial charge in [-0.3, -0.25) is 9.97 Å². The van der Waals surface area contributed by atoms with Crippen LogP contribution in [0.5, 0.6) is 0 Å². The zero-order chi connectivity index (χ0) is 22.9. The summed E-state index contributed by atoms with van der Waals surface area (Å²) in [6.07, 6.45) is 3.78. The van der Waals surface area contributed by atoms with Crippen molar-refractivity contribution in [2.45, 2.75) is 79.8 Å². The quantitative estimate of drug-likeness (QED) is 0.266. The summed E-state index contributed by atoms with van der Waals surface area (Å²) in [6, 6.07) is 14.9. The van der Waals surface area contributed by atoms with Crippen LogP contribution in [0.15, 0.2) is 48.8 Å². The minimum Gasteiger partial charge on any atom is -0.295 e. The molecule has 0 spiro atoms. The van der Waals surface area contributed by atoms with E-state index in [1.165, 1.54) is 23.7 Å². The van der Waals surface area contributed by atoms with Gasteiger partial charge in [0.25, 0.3) is 0 Å². The van der Waals surface area contributed by atoms with Crippen LogP contribution < -0.4 is 0 Å². The maximum absolute atomic E-state index is 4.48. The molecule has 2 heterocycles. The van der Waals surface area contributed by atoms with E-state index in [2.05, 4.69) is 102 Å². The van der Waals surface area contributed by atoms with Crippen LogP contribution in [-0.4, -0.2) is 27.6 Å². The van der Waals surface area contributed by atoms with Gasteiger partial charge in [0, 0.05) is 30.0 Å². The van der Waals surface area contributed by atoms with Gasteiger partial charge in [0.2, 0.25) is 0 Å². The molecule has 186 valence electrons. The van der Waals surface area contributed by atoms with E-state index in [0.717, 1.165) is 5.69 Å². The summed E-state index contributed by atoms with van der Waals surface area (Å²) in [5, 5.41) is 0. The molecular formula is C26H42Cu2N2Si2. The summed E-state index contributed by atoms with van der Waals surface area (Å²) >= 11 is 0. The molecule has 2 rings (SSSR count). The topological polar surface area (TPSA) is 25.8 Å². The summed E-state index contributed by atoms with van der Waals surface area (Å²) in [6.45, 7) is 23.0. The van der Waals surface area contributed by atoms with Crippen molar-refractivity contribution in [3.63, 3.8) is 0 Å². The predicted molar refractivity (Wildman–Crippen MR) is 137 cm³/mol. The zero-order valence-electron chi connectivity index (χ0n) is 21.5. The van der Waals surface area contributed by atoms with Crippen molar-refractivity contribution in [2.75, 3.05) is 0 Å². The predicted octanol–water partition coefficient (Wildman–Crippen LogP) is 7.60. The van der Waals surface area contributed by atoms with Gasteiger partial charge in [0.05, 0.1) is 0 Å². The third kappa shape index (κ3) is 12.7.